The molecule has 0 aromatic rings. The Hall–Kier alpha value is -0.830. The first-order valence-electron chi connectivity index (χ1n) is 5.41. The summed E-state index contributed by atoms with van der Waals surface area (Å²) < 4.78 is 0. The molecule has 0 amide bonds. The third kappa shape index (κ3) is 5.02. The number of hydrogen-bond donors (Lipinski definition) is 2. The molecular weight excluding hydrogens is 178 g/mol. The van der Waals surface area contributed by atoms with Gasteiger partial charge in [0.1, 0.15) is 0 Å². The number of unbranched alkanes of at least 4 members (excludes halogenated alkanes) is 2. The van der Waals surface area contributed by atoms with E-state index in [1.807, 2.05) is 0 Å². The van der Waals surface area contributed by atoms with Crippen molar-refractivity contribution < 1.29 is 9.90 Å². The second-order valence-corrected chi connectivity index (χ2v) is 3.77. The van der Waals surface area contributed by atoms with Crippen molar-refractivity contribution in [2.24, 2.45) is 0 Å². The number of allylic oxidation sites excluding steroid dienone is 1. The third-order valence-electron chi connectivity index (χ3n) is 2.48. The van der Waals surface area contributed by atoms with Gasteiger partial charge in [0.25, 0.3) is 0 Å². The van der Waals surface area contributed by atoms with Crippen molar-refractivity contribution >= 4 is 5.97 Å². The Morgan fingerprint density at radius 2 is 2.36 bits per heavy atom. The minimum absolute atomic E-state index is 0.301. The zero-order chi connectivity index (χ0) is 10.2. The van der Waals surface area contributed by atoms with E-state index in [4.69, 9.17) is 5.11 Å². The first-order valence-corrected chi connectivity index (χ1v) is 5.41. The highest BCUT2D eigenvalue weighted by Crippen LogP contribution is 2.07. The zero-order valence-corrected chi connectivity index (χ0v) is 8.54. The van der Waals surface area contributed by atoms with Crippen molar-refractivity contribution in [3.05, 3.63) is 12.2 Å². The predicted molar refractivity (Wildman–Crippen MR) is 56.3 cm³/mol. The van der Waals surface area contributed by atoms with Gasteiger partial charge >= 0.3 is 5.97 Å². The number of hydrogen-bond acceptors (Lipinski definition) is 2. The van der Waals surface area contributed by atoms with Gasteiger partial charge in [-0.1, -0.05) is 12.2 Å². The Bertz CT molecular complexity index is 195. The van der Waals surface area contributed by atoms with Crippen LogP contribution < -0.4 is 5.32 Å². The van der Waals surface area contributed by atoms with Crippen LogP contribution in [0, 0.1) is 0 Å². The van der Waals surface area contributed by atoms with Crippen LogP contribution in [-0.2, 0) is 4.79 Å². The van der Waals surface area contributed by atoms with Crippen LogP contribution >= 0.6 is 0 Å². The molecule has 1 heterocycles. The normalized spacial score (nSPS) is 21.9. The highest BCUT2D eigenvalue weighted by molar-refractivity contribution is 5.66. The molecule has 1 rings (SSSR count). The molecule has 80 valence electrons. The molecule has 0 saturated carbocycles. The monoisotopic (exact) mass is 197 g/mol. The number of nitrogens with one attached hydrogen (secondary N) is 1. The zero-order valence-electron chi connectivity index (χ0n) is 8.54. The fourth-order valence-electron chi connectivity index (χ4n) is 1.67. The van der Waals surface area contributed by atoms with Crippen LogP contribution in [0.15, 0.2) is 12.2 Å². The molecule has 1 unspecified atom stereocenters. The van der Waals surface area contributed by atoms with E-state index in [0.29, 0.717) is 12.5 Å². The second-order valence-electron chi connectivity index (χ2n) is 3.77. The third-order valence-corrected chi connectivity index (χ3v) is 2.48. The topological polar surface area (TPSA) is 49.3 Å². The van der Waals surface area contributed by atoms with Gasteiger partial charge in [-0.15, -0.1) is 0 Å². The fraction of sp³-hybridized carbons (Fsp3) is 0.727. The minimum Gasteiger partial charge on any atom is -0.481 e. The molecule has 0 aliphatic carbocycles. The van der Waals surface area contributed by atoms with Gasteiger partial charge in [-0.2, -0.15) is 0 Å². The highest BCUT2D eigenvalue weighted by Gasteiger charge is 2.08. The number of rotatable bonds is 6. The summed E-state index contributed by atoms with van der Waals surface area (Å²) >= 11 is 0. The standard InChI is InChI=1S/C11H19NO2/c13-11(14)8-4-2-1-3-6-10-7-5-9-12-10/h3,6,10,12H,1-2,4-5,7-9H2,(H,13,14)/b6-3+. The first kappa shape index (κ1) is 11.2. The lowest BCUT2D eigenvalue weighted by Crippen LogP contribution is -2.18. The lowest BCUT2D eigenvalue weighted by molar-refractivity contribution is -0.137. The van der Waals surface area contributed by atoms with Crippen molar-refractivity contribution in [2.45, 2.75) is 44.6 Å². The average molecular weight is 197 g/mol. The van der Waals surface area contributed by atoms with Crippen LogP contribution in [0.5, 0.6) is 0 Å². The molecule has 3 nitrogen and oxygen atoms in total. The average Bonchev–Trinajstić information content (AvgIpc) is 2.63. The summed E-state index contributed by atoms with van der Waals surface area (Å²) in [4.78, 5) is 10.2. The molecule has 2 N–H and O–H groups in total. The van der Waals surface area contributed by atoms with E-state index in [1.54, 1.807) is 0 Å². The van der Waals surface area contributed by atoms with Gasteiger partial charge in [0.2, 0.25) is 0 Å². The summed E-state index contributed by atoms with van der Waals surface area (Å²) in [6.45, 7) is 1.13. The van der Waals surface area contributed by atoms with Crippen molar-refractivity contribution in [1.82, 2.24) is 5.32 Å². The maximum absolute atomic E-state index is 10.2. The summed E-state index contributed by atoms with van der Waals surface area (Å²) in [6, 6.07) is 0.564. The Labute approximate surface area is 85.2 Å². The largest absolute Gasteiger partial charge is 0.481 e. The van der Waals surface area contributed by atoms with E-state index in [-0.39, 0.29) is 0 Å². The van der Waals surface area contributed by atoms with Crippen molar-refractivity contribution in [1.29, 1.82) is 0 Å². The SMILES string of the molecule is O=C(O)CCCC/C=C/C1CCCN1. The molecule has 0 spiro atoms. The summed E-state index contributed by atoms with van der Waals surface area (Å²) in [5.41, 5.74) is 0. The van der Waals surface area contributed by atoms with E-state index in [0.717, 1.165) is 25.8 Å². The molecular formula is C11H19NO2. The molecule has 14 heavy (non-hydrogen) atoms. The van der Waals surface area contributed by atoms with Gasteiger partial charge in [-0.3, -0.25) is 4.79 Å². The predicted octanol–water partition coefficient (Wildman–Crippen LogP) is 1.94. The smallest absolute Gasteiger partial charge is 0.303 e. The summed E-state index contributed by atoms with van der Waals surface area (Å²) in [5, 5.41) is 11.8. The quantitative estimate of drug-likeness (QED) is 0.505. The number of carbonyl (C=O) groups is 1. The Morgan fingerprint density at radius 3 is 3.00 bits per heavy atom. The number of aliphatic carboxylic acids is 1. The van der Waals surface area contributed by atoms with Crippen LogP contribution in [0.4, 0.5) is 0 Å². The fourth-order valence-corrected chi connectivity index (χ4v) is 1.67. The van der Waals surface area contributed by atoms with E-state index >= 15 is 0 Å². The van der Waals surface area contributed by atoms with E-state index in [9.17, 15) is 4.79 Å². The van der Waals surface area contributed by atoms with Gasteiger partial charge < -0.3 is 10.4 Å². The van der Waals surface area contributed by atoms with Crippen LogP contribution in [0.1, 0.15) is 38.5 Å². The van der Waals surface area contributed by atoms with Crippen LogP contribution in [0.3, 0.4) is 0 Å². The number of carboxylic acid groups (broad SMARTS) is 1. The van der Waals surface area contributed by atoms with E-state index in [2.05, 4.69) is 17.5 Å². The van der Waals surface area contributed by atoms with Crippen molar-refractivity contribution in [2.75, 3.05) is 6.54 Å². The molecule has 1 saturated heterocycles. The molecule has 1 aliphatic rings. The lowest BCUT2D eigenvalue weighted by atomic mass is 10.1. The maximum Gasteiger partial charge on any atom is 0.303 e. The van der Waals surface area contributed by atoms with Gasteiger partial charge in [0.15, 0.2) is 0 Å². The Balaban J connectivity index is 1.94. The van der Waals surface area contributed by atoms with Crippen LogP contribution in [-0.4, -0.2) is 23.7 Å². The van der Waals surface area contributed by atoms with E-state index < -0.39 is 5.97 Å². The highest BCUT2D eigenvalue weighted by atomic mass is 16.4. The van der Waals surface area contributed by atoms with Crippen molar-refractivity contribution in [3.8, 4) is 0 Å². The molecule has 1 fully saturated rings. The first-order chi connectivity index (χ1) is 6.79. The molecule has 0 bridgehead atoms. The number of carboxylic acids is 1. The minimum atomic E-state index is -0.688. The summed E-state index contributed by atoms with van der Waals surface area (Å²) in [7, 11) is 0. The maximum atomic E-state index is 10.2. The summed E-state index contributed by atoms with van der Waals surface area (Å²) in [6.07, 6.45) is 9.98. The van der Waals surface area contributed by atoms with Gasteiger partial charge in [-0.25, -0.2) is 0 Å². The molecule has 0 aromatic carbocycles. The Morgan fingerprint density at radius 1 is 1.50 bits per heavy atom. The van der Waals surface area contributed by atoms with Crippen molar-refractivity contribution in [3.63, 3.8) is 0 Å². The van der Waals surface area contributed by atoms with Gasteiger partial charge in [-0.05, 0) is 38.6 Å². The van der Waals surface area contributed by atoms with Gasteiger partial charge in [0, 0.05) is 12.5 Å². The molecule has 3 heteroatoms. The van der Waals surface area contributed by atoms with E-state index in [1.165, 1.54) is 12.8 Å². The molecule has 1 aliphatic heterocycles. The summed E-state index contributed by atoms with van der Waals surface area (Å²) in [5.74, 6) is -0.688. The van der Waals surface area contributed by atoms with Gasteiger partial charge in [0.05, 0.1) is 0 Å². The molecule has 0 radical (unpaired) electrons. The molecule has 0 aromatic heterocycles. The Kier molecular flexibility index (Phi) is 5.30. The second kappa shape index (κ2) is 6.60. The molecule has 1 atom stereocenters. The van der Waals surface area contributed by atoms with Crippen LogP contribution in [0.25, 0.3) is 0 Å². The van der Waals surface area contributed by atoms with Crippen LogP contribution in [0.2, 0.25) is 0 Å². The lowest BCUT2D eigenvalue weighted by Gasteiger charge is -2.01.